The molecule has 6 nitrogen and oxygen atoms in total. The van der Waals surface area contributed by atoms with E-state index >= 15 is 0 Å². The minimum Gasteiger partial charge on any atom is -0.418 e. The lowest BCUT2D eigenvalue weighted by Gasteiger charge is -2.16. The van der Waals surface area contributed by atoms with Crippen LogP contribution in [0.15, 0.2) is 95.4 Å². The molecule has 0 aliphatic rings. The molecule has 4 aromatic rings. The summed E-state index contributed by atoms with van der Waals surface area (Å²) < 4.78 is 5.89. The van der Waals surface area contributed by atoms with E-state index in [1.54, 1.807) is 0 Å². The fourth-order valence-corrected chi connectivity index (χ4v) is 2.94. The molecule has 3 aromatic carbocycles. The summed E-state index contributed by atoms with van der Waals surface area (Å²) in [5.74, 6) is 0.734. The predicted octanol–water partition coefficient (Wildman–Crippen LogP) is 4.33. The molecule has 1 atom stereocenters. The Kier molecular flexibility index (Phi) is 5.62. The molecule has 0 bridgehead atoms. The topological polar surface area (TPSA) is 80.0 Å². The fourth-order valence-electron chi connectivity index (χ4n) is 2.94. The summed E-state index contributed by atoms with van der Waals surface area (Å²) in [6.07, 6.45) is 0. The molecule has 1 aromatic heterocycles. The molecule has 0 aliphatic heterocycles. The summed E-state index contributed by atoms with van der Waals surface area (Å²) in [7, 11) is 0. The molecule has 4 rings (SSSR count). The molecule has 0 saturated heterocycles. The Morgan fingerprint density at radius 2 is 1.45 bits per heavy atom. The number of nitrogens with zero attached hydrogens (tertiary/aromatic N) is 2. The molecule has 6 heteroatoms. The van der Waals surface area contributed by atoms with Crippen LogP contribution >= 0.6 is 0 Å². The SMILES string of the molecule is O=C(NCc1ccccc1)NC(c1ccccc1)c1nnc(-c2ccccc2)o1. The largest absolute Gasteiger partial charge is 0.418 e. The first-order chi connectivity index (χ1) is 14.3. The number of nitrogens with one attached hydrogen (secondary N) is 2. The van der Waals surface area contributed by atoms with E-state index in [1.165, 1.54) is 0 Å². The monoisotopic (exact) mass is 384 g/mol. The maximum absolute atomic E-state index is 12.5. The molecule has 0 spiro atoms. The number of hydrogen-bond donors (Lipinski definition) is 2. The third kappa shape index (κ3) is 4.68. The molecule has 0 radical (unpaired) electrons. The van der Waals surface area contributed by atoms with E-state index in [-0.39, 0.29) is 6.03 Å². The van der Waals surface area contributed by atoms with Gasteiger partial charge in [-0.25, -0.2) is 4.79 Å². The van der Waals surface area contributed by atoms with Crippen molar-refractivity contribution in [2.75, 3.05) is 0 Å². The van der Waals surface area contributed by atoms with Crippen molar-refractivity contribution in [3.05, 3.63) is 108 Å². The molecule has 0 saturated carbocycles. The second-order valence-corrected chi connectivity index (χ2v) is 6.47. The third-order valence-electron chi connectivity index (χ3n) is 4.41. The quantitative estimate of drug-likeness (QED) is 0.519. The Morgan fingerprint density at radius 3 is 2.14 bits per heavy atom. The summed E-state index contributed by atoms with van der Waals surface area (Å²) in [5.41, 5.74) is 2.69. The summed E-state index contributed by atoms with van der Waals surface area (Å²) in [5, 5.41) is 14.1. The second-order valence-electron chi connectivity index (χ2n) is 6.47. The summed E-state index contributed by atoms with van der Waals surface area (Å²) in [4.78, 5) is 12.5. The maximum atomic E-state index is 12.5. The van der Waals surface area contributed by atoms with Gasteiger partial charge in [-0.3, -0.25) is 0 Å². The number of urea groups is 1. The molecule has 0 aliphatic carbocycles. The summed E-state index contributed by atoms with van der Waals surface area (Å²) in [6, 6.07) is 27.9. The van der Waals surface area contributed by atoms with Crippen LogP contribution in [0.3, 0.4) is 0 Å². The molecule has 29 heavy (non-hydrogen) atoms. The average Bonchev–Trinajstić information content (AvgIpc) is 3.28. The number of rotatable bonds is 6. The van der Waals surface area contributed by atoms with Crippen molar-refractivity contribution in [2.24, 2.45) is 0 Å². The van der Waals surface area contributed by atoms with Gasteiger partial charge in [0.1, 0.15) is 6.04 Å². The van der Waals surface area contributed by atoms with Crippen molar-refractivity contribution < 1.29 is 9.21 Å². The van der Waals surface area contributed by atoms with Crippen molar-refractivity contribution in [3.8, 4) is 11.5 Å². The van der Waals surface area contributed by atoms with Crippen LogP contribution in [0.4, 0.5) is 4.79 Å². The van der Waals surface area contributed by atoms with E-state index in [0.29, 0.717) is 18.3 Å². The molecule has 1 unspecified atom stereocenters. The predicted molar refractivity (Wildman–Crippen MR) is 110 cm³/mol. The van der Waals surface area contributed by atoms with Crippen LogP contribution in [-0.4, -0.2) is 16.2 Å². The zero-order chi connectivity index (χ0) is 19.9. The van der Waals surface area contributed by atoms with Crippen LogP contribution in [-0.2, 0) is 6.54 Å². The Balaban J connectivity index is 1.53. The Bertz CT molecular complexity index is 1050. The molecule has 2 amide bonds. The Hall–Kier alpha value is -3.93. The summed E-state index contributed by atoms with van der Waals surface area (Å²) >= 11 is 0. The van der Waals surface area contributed by atoms with E-state index in [2.05, 4.69) is 20.8 Å². The summed E-state index contributed by atoms with van der Waals surface area (Å²) in [6.45, 7) is 0.424. The molecular weight excluding hydrogens is 364 g/mol. The highest BCUT2D eigenvalue weighted by molar-refractivity contribution is 5.74. The van der Waals surface area contributed by atoms with Gasteiger partial charge in [0, 0.05) is 12.1 Å². The van der Waals surface area contributed by atoms with Gasteiger partial charge in [0.15, 0.2) is 0 Å². The first kappa shape index (κ1) is 18.4. The van der Waals surface area contributed by atoms with Crippen LogP contribution in [0.25, 0.3) is 11.5 Å². The van der Waals surface area contributed by atoms with Crippen molar-refractivity contribution in [3.63, 3.8) is 0 Å². The number of carbonyl (C=O) groups excluding carboxylic acids is 1. The van der Waals surface area contributed by atoms with Crippen molar-refractivity contribution in [2.45, 2.75) is 12.6 Å². The van der Waals surface area contributed by atoms with Gasteiger partial charge in [-0.2, -0.15) is 0 Å². The van der Waals surface area contributed by atoms with Crippen molar-refractivity contribution >= 4 is 6.03 Å². The van der Waals surface area contributed by atoms with E-state index in [4.69, 9.17) is 4.42 Å². The van der Waals surface area contributed by atoms with E-state index in [0.717, 1.165) is 16.7 Å². The van der Waals surface area contributed by atoms with Gasteiger partial charge >= 0.3 is 6.03 Å². The average molecular weight is 384 g/mol. The number of aromatic nitrogens is 2. The van der Waals surface area contributed by atoms with E-state index in [9.17, 15) is 4.79 Å². The number of amides is 2. The minimum absolute atomic E-state index is 0.317. The van der Waals surface area contributed by atoms with Crippen molar-refractivity contribution in [1.29, 1.82) is 0 Å². The molecular formula is C23H20N4O2. The molecule has 144 valence electrons. The maximum Gasteiger partial charge on any atom is 0.315 e. The first-order valence-corrected chi connectivity index (χ1v) is 9.31. The van der Waals surface area contributed by atoms with E-state index in [1.807, 2.05) is 91.0 Å². The zero-order valence-electron chi connectivity index (χ0n) is 15.7. The van der Waals surface area contributed by atoms with Gasteiger partial charge in [-0.05, 0) is 23.3 Å². The highest BCUT2D eigenvalue weighted by Crippen LogP contribution is 2.24. The van der Waals surface area contributed by atoms with Crippen molar-refractivity contribution in [1.82, 2.24) is 20.8 Å². The second kappa shape index (κ2) is 8.84. The minimum atomic E-state index is -0.558. The van der Waals surface area contributed by atoms with Crippen LogP contribution < -0.4 is 10.6 Å². The van der Waals surface area contributed by atoms with Crippen LogP contribution in [0.1, 0.15) is 23.1 Å². The lowest BCUT2D eigenvalue weighted by molar-refractivity contribution is 0.236. The first-order valence-electron chi connectivity index (χ1n) is 9.31. The van der Waals surface area contributed by atoms with Gasteiger partial charge in [0.25, 0.3) is 0 Å². The Labute approximate surface area is 168 Å². The lowest BCUT2D eigenvalue weighted by atomic mass is 10.1. The number of benzene rings is 3. The molecule has 2 N–H and O–H groups in total. The zero-order valence-corrected chi connectivity index (χ0v) is 15.7. The van der Waals surface area contributed by atoms with Gasteiger partial charge < -0.3 is 15.1 Å². The normalized spacial score (nSPS) is 11.6. The third-order valence-corrected chi connectivity index (χ3v) is 4.41. The Morgan fingerprint density at radius 1 is 0.828 bits per heavy atom. The molecule has 0 fully saturated rings. The van der Waals surface area contributed by atoms with Crippen LogP contribution in [0.2, 0.25) is 0 Å². The highest BCUT2D eigenvalue weighted by Gasteiger charge is 2.23. The van der Waals surface area contributed by atoms with Gasteiger partial charge in [-0.15, -0.1) is 10.2 Å². The molecule has 1 heterocycles. The number of hydrogen-bond acceptors (Lipinski definition) is 4. The lowest BCUT2D eigenvalue weighted by Crippen LogP contribution is -2.38. The van der Waals surface area contributed by atoms with Gasteiger partial charge in [0.05, 0.1) is 0 Å². The smallest absolute Gasteiger partial charge is 0.315 e. The van der Waals surface area contributed by atoms with Crippen LogP contribution in [0, 0.1) is 0 Å². The van der Waals surface area contributed by atoms with Crippen LogP contribution in [0.5, 0.6) is 0 Å². The van der Waals surface area contributed by atoms with E-state index < -0.39 is 6.04 Å². The standard InChI is InChI=1S/C23H20N4O2/c28-23(24-16-17-10-4-1-5-11-17)25-20(18-12-6-2-7-13-18)22-27-26-21(29-22)19-14-8-3-9-15-19/h1-15,20H,16H2,(H2,24,25,28). The van der Waals surface area contributed by atoms with Gasteiger partial charge in [-0.1, -0.05) is 78.9 Å². The highest BCUT2D eigenvalue weighted by atomic mass is 16.4. The number of carbonyl (C=O) groups is 1. The fraction of sp³-hybridized carbons (Fsp3) is 0.0870. The van der Waals surface area contributed by atoms with Gasteiger partial charge in [0.2, 0.25) is 11.8 Å².